The lowest BCUT2D eigenvalue weighted by molar-refractivity contribution is 0.415. The SMILES string of the molecule is COc1ccc(-c2cc(N)n(-c3ccc(Br)cc3)n2)cc1. The standard InChI is InChI=1S/C16H14BrN3O/c1-21-14-8-2-11(3-9-14)15-10-16(18)20(19-15)13-6-4-12(17)5-7-13/h2-10H,18H2,1H3. The fraction of sp³-hybridized carbons (Fsp3) is 0.0625. The molecular formula is C16H14BrN3O. The largest absolute Gasteiger partial charge is 0.497 e. The Balaban J connectivity index is 1.98. The van der Waals surface area contributed by atoms with Gasteiger partial charge in [0.2, 0.25) is 0 Å². The minimum atomic E-state index is 0.600. The van der Waals surface area contributed by atoms with Crippen LogP contribution < -0.4 is 10.5 Å². The van der Waals surface area contributed by atoms with Crippen LogP contribution in [-0.4, -0.2) is 16.9 Å². The van der Waals surface area contributed by atoms with Gasteiger partial charge >= 0.3 is 0 Å². The van der Waals surface area contributed by atoms with E-state index in [1.54, 1.807) is 11.8 Å². The van der Waals surface area contributed by atoms with E-state index in [0.29, 0.717) is 5.82 Å². The fourth-order valence-electron chi connectivity index (χ4n) is 2.09. The van der Waals surface area contributed by atoms with E-state index in [-0.39, 0.29) is 0 Å². The van der Waals surface area contributed by atoms with Crippen molar-refractivity contribution in [2.24, 2.45) is 0 Å². The molecule has 106 valence electrons. The average Bonchev–Trinajstić information content (AvgIpc) is 2.90. The summed E-state index contributed by atoms with van der Waals surface area (Å²) in [4.78, 5) is 0. The topological polar surface area (TPSA) is 53.1 Å². The molecule has 0 fully saturated rings. The molecule has 3 aromatic rings. The third-order valence-corrected chi connectivity index (χ3v) is 3.72. The van der Waals surface area contributed by atoms with Gasteiger partial charge in [-0.05, 0) is 48.5 Å². The number of hydrogen-bond acceptors (Lipinski definition) is 3. The monoisotopic (exact) mass is 343 g/mol. The number of rotatable bonds is 3. The van der Waals surface area contributed by atoms with E-state index in [0.717, 1.165) is 27.2 Å². The van der Waals surface area contributed by atoms with Gasteiger partial charge < -0.3 is 10.5 Å². The lowest BCUT2D eigenvalue weighted by Crippen LogP contribution is -2.01. The molecule has 0 bridgehead atoms. The van der Waals surface area contributed by atoms with Gasteiger partial charge in [0.05, 0.1) is 18.5 Å². The van der Waals surface area contributed by atoms with Crippen molar-refractivity contribution in [3.05, 3.63) is 59.1 Å². The molecule has 0 radical (unpaired) electrons. The number of hydrogen-bond donors (Lipinski definition) is 1. The zero-order chi connectivity index (χ0) is 14.8. The molecule has 0 aliphatic carbocycles. The first kappa shape index (κ1) is 13.7. The molecule has 2 aromatic carbocycles. The molecule has 0 amide bonds. The fourth-order valence-corrected chi connectivity index (χ4v) is 2.35. The van der Waals surface area contributed by atoms with Crippen LogP contribution in [0.25, 0.3) is 16.9 Å². The molecule has 1 aromatic heterocycles. The van der Waals surface area contributed by atoms with Gasteiger partial charge in [-0.3, -0.25) is 0 Å². The number of nitrogens with zero attached hydrogens (tertiary/aromatic N) is 2. The van der Waals surface area contributed by atoms with Crippen molar-refractivity contribution in [1.82, 2.24) is 9.78 Å². The predicted octanol–water partition coefficient (Wildman–Crippen LogP) is 3.89. The van der Waals surface area contributed by atoms with Crippen LogP contribution in [0.2, 0.25) is 0 Å². The van der Waals surface area contributed by atoms with Crippen LogP contribution >= 0.6 is 15.9 Å². The summed E-state index contributed by atoms with van der Waals surface area (Å²) in [6, 6.07) is 17.5. The Labute approximate surface area is 131 Å². The van der Waals surface area contributed by atoms with Gasteiger partial charge in [-0.2, -0.15) is 5.10 Å². The molecule has 0 atom stereocenters. The maximum absolute atomic E-state index is 6.07. The summed E-state index contributed by atoms with van der Waals surface area (Å²) in [5, 5.41) is 4.57. The van der Waals surface area contributed by atoms with Gasteiger partial charge in [0, 0.05) is 16.1 Å². The van der Waals surface area contributed by atoms with E-state index >= 15 is 0 Å². The number of anilines is 1. The molecular weight excluding hydrogens is 330 g/mol. The van der Waals surface area contributed by atoms with Crippen molar-refractivity contribution < 1.29 is 4.74 Å². The van der Waals surface area contributed by atoms with Crippen molar-refractivity contribution in [3.63, 3.8) is 0 Å². The summed E-state index contributed by atoms with van der Waals surface area (Å²) in [5.74, 6) is 1.42. The number of ether oxygens (including phenoxy) is 1. The van der Waals surface area contributed by atoms with E-state index < -0.39 is 0 Å². The molecule has 4 nitrogen and oxygen atoms in total. The second kappa shape index (κ2) is 5.61. The van der Waals surface area contributed by atoms with Gasteiger partial charge in [-0.25, -0.2) is 4.68 Å². The Kier molecular flexibility index (Phi) is 3.66. The third kappa shape index (κ3) is 2.78. The summed E-state index contributed by atoms with van der Waals surface area (Å²) < 4.78 is 7.91. The summed E-state index contributed by atoms with van der Waals surface area (Å²) in [6.07, 6.45) is 0. The van der Waals surface area contributed by atoms with Crippen LogP contribution in [0.15, 0.2) is 59.1 Å². The van der Waals surface area contributed by atoms with Gasteiger partial charge in [-0.15, -0.1) is 0 Å². The smallest absolute Gasteiger partial charge is 0.127 e. The van der Waals surface area contributed by atoms with Crippen molar-refractivity contribution in [2.45, 2.75) is 0 Å². The summed E-state index contributed by atoms with van der Waals surface area (Å²) in [5.41, 5.74) is 8.83. The molecule has 0 saturated heterocycles. The molecule has 0 unspecified atom stereocenters. The number of nitrogen functional groups attached to an aromatic ring is 1. The number of methoxy groups -OCH3 is 1. The zero-order valence-electron chi connectivity index (χ0n) is 11.5. The van der Waals surface area contributed by atoms with E-state index in [1.807, 2.05) is 54.6 Å². The molecule has 0 saturated carbocycles. The second-order valence-corrected chi connectivity index (χ2v) is 5.49. The van der Waals surface area contributed by atoms with Gasteiger partial charge in [0.15, 0.2) is 0 Å². The van der Waals surface area contributed by atoms with E-state index in [2.05, 4.69) is 21.0 Å². The van der Waals surface area contributed by atoms with Crippen molar-refractivity contribution in [2.75, 3.05) is 12.8 Å². The maximum atomic E-state index is 6.07. The predicted molar refractivity (Wildman–Crippen MR) is 87.7 cm³/mol. The normalized spacial score (nSPS) is 10.6. The Morgan fingerprint density at radius 3 is 2.33 bits per heavy atom. The summed E-state index contributed by atoms with van der Waals surface area (Å²) in [6.45, 7) is 0. The highest BCUT2D eigenvalue weighted by Crippen LogP contribution is 2.25. The van der Waals surface area contributed by atoms with Crippen LogP contribution in [0.5, 0.6) is 5.75 Å². The highest BCUT2D eigenvalue weighted by molar-refractivity contribution is 9.10. The average molecular weight is 344 g/mol. The van der Waals surface area contributed by atoms with Crippen molar-refractivity contribution in [1.29, 1.82) is 0 Å². The van der Waals surface area contributed by atoms with Crippen molar-refractivity contribution in [3.8, 4) is 22.7 Å². The third-order valence-electron chi connectivity index (χ3n) is 3.19. The molecule has 0 aliphatic rings. The molecule has 5 heteroatoms. The maximum Gasteiger partial charge on any atom is 0.127 e. The quantitative estimate of drug-likeness (QED) is 0.784. The first-order valence-electron chi connectivity index (χ1n) is 6.43. The van der Waals surface area contributed by atoms with Gasteiger partial charge in [0.1, 0.15) is 11.6 Å². The Hall–Kier alpha value is -2.27. The number of halogens is 1. The van der Waals surface area contributed by atoms with Crippen LogP contribution in [0.3, 0.4) is 0 Å². The Morgan fingerprint density at radius 2 is 1.71 bits per heavy atom. The van der Waals surface area contributed by atoms with Crippen LogP contribution in [0, 0.1) is 0 Å². The van der Waals surface area contributed by atoms with Crippen LogP contribution in [-0.2, 0) is 0 Å². The minimum Gasteiger partial charge on any atom is -0.497 e. The minimum absolute atomic E-state index is 0.600. The number of benzene rings is 2. The Bertz CT molecular complexity index is 748. The molecule has 21 heavy (non-hydrogen) atoms. The van der Waals surface area contributed by atoms with E-state index in [1.165, 1.54) is 0 Å². The zero-order valence-corrected chi connectivity index (χ0v) is 13.0. The molecule has 0 spiro atoms. The lowest BCUT2D eigenvalue weighted by atomic mass is 10.1. The number of nitrogens with two attached hydrogens (primary N) is 1. The lowest BCUT2D eigenvalue weighted by Gasteiger charge is -2.03. The second-order valence-electron chi connectivity index (χ2n) is 4.57. The summed E-state index contributed by atoms with van der Waals surface area (Å²) in [7, 11) is 1.65. The highest BCUT2D eigenvalue weighted by Gasteiger charge is 2.09. The molecule has 2 N–H and O–H groups in total. The first-order chi connectivity index (χ1) is 10.2. The van der Waals surface area contributed by atoms with Crippen LogP contribution in [0.4, 0.5) is 5.82 Å². The summed E-state index contributed by atoms with van der Waals surface area (Å²) >= 11 is 3.42. The van der Waals surface area contributed by atoms with Crippen molar-refractivity contribution >= 4 is 21.7 Å². The number of aromatic nitrogens is 2. The Morgan fingerprint density at radius 1 is 1.05 bits per heavy atom. The van der Waals surface area contributed by atoms with E-state index in [4.69, 9.17) is 10.5 Å². The molecule has 3 rings (SSSR count). The van der Waals surface area contributed by atoms with Crippen LogP contribution in [0.1, 0.15) is 0 Å². The van der Waals surface area contributed by atoms with E-state index in [9.17, 15) is 0 Å². The first-order valence-corrected chi connectivity index (χ1v) is 7.22. The highest BCUT2D eigenvalue weighted by atomic mass is 79.9. The molecule has 1 heterocycles. The molecule has 0 aliphatic heterocycles. The van der Waals surface area contributed by atoms with Gasteiger partial charge in [0.25, 0.3) is 0 Å². The van der Waals surface area contributed by atoms with Gasteiger partial charge in [-0.1, -0.05) is 15.9 Å².